The van der Waals surface area contributed by atoms with E-state index < -0.39 is 11.7 Å². The van der Waals surface area contributed by atoms with Gasteiger partial charge >= 0.3 is 6.18 Å². The summed E-state index contributed by atoms with van der Waals surface area (Å²) >= 11 is 0. The molecule has 0 spiro atoms. The van der Waals surface area contributed by atoms with E-state index in [-0.39, 0.29) is 6.10 Å². The van der Waals surface area contributed by atoms with Gasteiger partial charge in [0.15, 0.2) is 0 Å². The van der Waals surface area contributed by atoms with Crippen molar-refractivity contribution in [3.8, 4) is 0 Å². The van der Waals surface area contributed by atoms with Crippen LogP contribution >= 0.6 is 0 Å². The molecule has 0 aliphatic carbocycles. The van der Waals surface area contributed by atoms with Gasteiger partial charge in [-0.25, -0.2) is 0 Å². The Balaban J connectivity index is 2.10. The molecule has 1 aromatic rings. The highest BCUT2D eigenvalue weighted by molar-refractivity contribution is 5.29. The van der Waals surface area contributed by atoms with Crippen LogP contribution < -0.4 is 0 Å². The van der Waals surface area contributed by atoms with E-state index in [0.29, 0.717) is 37.7 Å². The Bertz CT molecular complexity index is 445. The molecule has 1 saturated heterocycles. The normalized spacial score (nSPS) is 21.4. The Morgan fingerprint density at radius 1 is 1.30 bits per heavy atom. The lowest BCUT2D eigenvalue weighted by atomic mass is 10.0. The number of nitrogens with zero attached hydrogens (tertiary/aromatic N) is 1. The van der Waals surface area contributed by atoms with Crippen molar-refractivity contribution in [2.24, 2.45) is 5.92 Å². The first-order chi connectivity index (χ1) is 9.38. The van der Waals surface area contributed by atoms with Gasteiger partial charge in [0, 0.05) is 19.6 Å². The second kappa shape index (κ2) is 6.14. The Labute approximate surface area is 117 Å². The fourth-order valence-corrected chi connectivity index (χ4v) is 2.45. The highest BCUT2D eigenvalue weighted by atomic mass is 19.4. The molecular formula is C15H20F3NO. The molecule has 1 heterocycles. The molecule has 2 rings (SSSR count). The maximum atomic E-state index is 13.0. The van der Waals surface area contributed by atoms with E-state index in [0.717, 1.165) is 6.07 Å². The van der Waals surface area contributed by atoms with E-state index in [4.69, 9.17) is 4.74 Å². The molecule has 112 valence electrons. The summed E-state index contributed by atoms with van der Waals surface area (Å²) < 4.78 is 44.5. The molecule has 2 nitrogen and oxygen atoms in total. The van der Waals surface area contributed by atoms with Gasteiger partial charge in [0.05, 0.1) is 18.3 Å². The molecule has 1 aliphatic heterocycles. The van der Waals surface area contributed by atoms with Gasteiger partial charge in [-0.3, -0.25) is 4.90 Å². The van der Waals surface area contributed by atoms with Gasteiger partial charge in [-0.15, -0.1) is 0 Å². The second-order valence-electron chi connectivity index (χ2n) is 5.54. The maximum absolute atomic E-state index is 13.0. The third-order valence-corrected chi connectivity index (χ3v) is 3.64. The monoisotopic (exact) mass is 287 g/mol. The SMILES string of the molecule is CC(C)C1CN(Cc2ccccc2C(F)(F)F)CCO1. The van der Waals surface area contributed by atoms with Crippen LogP contribution in [0.15, 0.2) is 24.3 Å². The van der Waals surface area contributed by atoms with Crippen LogP contribution in [0.5, 0.6) is 0 Å². The van der Waals surface area contributed by atoms with Crippen LogP contribution in [0, 0.1) is 5.92 Å². The number of hydrogen-bond donors (Lipinski definition) is 0. The Morgan fingerprint density at radius 2 is 2.00 bits per heavy atom. The topological polar surface area (TPSA) is 12.5 Å². The first-order valence-electron chi connectivity index (χ1n) is 6.87. The van der Waals surface area contributed by atoms with E-state index in [1.165, 1.54) is 6.07 Å². The number of morpholine rings is 1. The van der Waals surface area contributed by atoms with Gasteiger partial charge < -0.3 is 4.74 Å². The van der Waals surface area contributed by atoms with E-state index in [1.54, 1.807) is 12.1 Å². The number of alkyl halides is 3. The molecule has 1 aliphatic rings. The minimum absolute atomic E-state index is 0.0989. The standard InChI is InChI=1S/C15H20F3NO/c1-11(2)14-10-19(7-8-20-14)9-12-5-3-4-6-13(12)15(16,17)18/h3-6,11,14H,7-10H2,1-2H3. The van der Waals surface area contributed by atoms with Gasteiger partial charge in [0.1, 0.15) is 0 Å². The summed E-state index contributed by atoms with van der Waals surface area (Å²) in [5.41, 5.74) is -0.197. The molecule has 0 aromatic heterocycles. The van der Waals surface area contributed by atoms with Gasteiger partial charge in [0.25, 0.3) is 0 Å². The summed E-state index contributed by atoms with van der Waals surface area (Å²) in [6.45, 7) is 6.40. The summed E-state index contributed by atoms with van der Waals surface area (Å²) in [4.78, 5) is 2.04. The minimum atomic E-state index is -4.29. The fourth-order valence-electron chi connectivity index (χ4n) is 2.45. The van der Waals surface area contributed by atoms with Crippen molar-refractivity contribution in [3.05, 3.63) is 35.4 Å². The number of halogens is 3. The Hall–Kier alpha value is -1.07. The third-order valence-electron chi connectivity index (χ3n) is 3.64. The summed E-state index contributed by atoms with van der Waals surface area (Å²) in [5, 5.41) is 0. The molecule has 1 unspecified atom stereocenters. The second-order valence-corrected chi connectivity index (χ2v) is 5.54. The van der Waals surface area contributed by atoms with Gasteiger partial charge in [0.2, 0.25) is 0 Å². The first-order valence-corrected chi connectivity index (χ1v) is 6.87. The van der Waals surface area contributed by atoms with Gasteiger partial charge in [-0.1, -0.05) is 32.0 Å². The Kier molecular flexibility index (Phi) is 4.70. The van der Waals surface area contributed by atoms with Crippen molar-refractivity contribution >= 4 is 0 Å². The van der Waals surface area contributed by atoms with Crippen molar-refractivity contribution in [2.45, 2.75) is 32.7 Å². The molecule has 20 heavy (non-hydrogen) atoms. The largest absolute Gasteiger partial charge is 0.416 e. The highest BCUT2D eigenvalue weighted by Crippen LogP contribution is 2.32. The fraction of sp³-hybridized carbons (Fsp3) is 0.600. The average molecular weight is 287 g/mol. The van der Waals surface area contributed by atoms with Crippen molar-refractivity contribution in [1.82, 2.24) is 4.90 Å². The summed E-state index contributed by atoms with van der Waals surface area (Å²) in [7, 11) is 0. The lowest BCUT2D eigenvalue weighted by Crippen LogP contribution is -2.44. The van der Waals surface area contributed by atoms with Gasteiger partial charge in [-0.2, -0.15) is 13.2 Å². The van der Waals surface area contributed by atoms with Crippen LogP contribution in [0.3, 0.4) is 0 Å². The third kappa shape index (κ3) is 3.73. The van der Waals surface area contributed by atoms with Crippen molar-refractivity contribution in [1.29, 1.82) is 0 Å². The van der Waals surface area contributed by atoms with E-state index >= 15 is 0 Å². The smallest absolute Gasteiger partial charge is 0.375 e. The Morgan fingerprint density at radius 3 is 2.65 bits per heavy atom. The van der Waals surface area contributed by atoms with Crippen LogP contribution in [0.25, 0.3) is 0 Å². The zero-order valence-corrected chi connectivity index (χ0v) is 11.8. The van der Waals surface area contributed by atoms with Crippen molar-refractivity contribution < 1.29 is 17.9 Å². The predicted octanol–water partition coefficient (Wildman–Crippen LogP) is 3.56. The number of hydrogen-bond acceptors (Lipinski definition) is 2. The molecule has 1 fully saturated rings. The average Bonchev–Trinajstić information content (AvgIpc) is 2.38. The summed E-state index contributed by atoms with van der Waals surface area (Å²) in [6.07, 6.45) is -4.19. The summed E-state index contributed by atoms with van der Waals surface area (Å²) in [6, 6.07) is 5.80. The van der Waals surface area contributed by atoms with Crippen molar-refractivity contribution in [3.63, 3.8) is 0 Å². The highest BCUT2D eigenvalue weighted by Gasteiger charge is 2.33. The predicted molar refractivity (Wildman–Crippen MR) is 71.3 cm³/mol. The van der Waals surface area contributed by atoms with Crippen LogP contribution in [0.2, 0.25) is 0 Å². The van der Waals surface area contributed by atoms with E-state index in [2.05, 4.69) is 13.8 Å². The quantitative estimate of drug-likeness (QED) is 0.843. The zero-order chi connectivity index (χ0) is 14.8. The van der Waals surface area contributed by atoms with Crippen LogP contribution in [-0.2, 0) is 17.5 Å². The molecule has 0 radical (unpaired) electrons. The zero-order valence-electron chi connectivity index (χ0n) is 11.8. The lowest BCUT2D eigenvalue weighted by Gasteiger charge is -2.35. The molecule has 0 bridgehead atoms. The molecule has 5 heteroatoms. The molecular weight excluding hydrogens is 267 g/mol. The van der Waals surface area contributed by atoms with Crippen LogP contribution in [-0.4, -0.2) is 30.7 Å². The van der Waals surface area contributed by atoms with Crippen LogP contribution in [0.1, 0.15) is 25.0 Å². The lowest BCUT2D eigenvalue weighted by molar-refractivity contribution is -0.138. The van der Waals surface area contributed by atoms with E-state index in [1.807, 2.05) is 4.90 Å². The van der Waals surface area contributed by atoms with E-state index in [9.17, 15) is 13.2 Å². The van der Waals surface area contributed by atoms with Gasteiger partial charge in [-0.05, 0) is 17.5 Å². The maximum Gasteiger partial charge on any atom is 0.416 e. The molecule has 1 atom stereocenters. The number of rotatable bonds is 3. The minimum Gasteiger partial charge on any atom is -0.375 e. The van der Waals surface area contributed by atoms with Crippen LogP contribution in [0.4, 0.5) is 13.2 Å². The molecule has 0 N–H and O–H groups in total. The number of ether oxygens (including phenoxy) is 1. The number of benzene rings is 1. The molecule has 0 saturated carbocycles. The molecule has 1 aromatic carbocycles. The molecule has 0 amide bonds. The first kappa shape index (κ1) is 15.3. The van der Waals surface area contributed by atoms with Crippen molar-refractivity contribution in [2.75, 3.05) is 19.7 Å². The summed E-state index contributed by atoms with van der Waals surface area (Å²) in [5.74, 6) is 0.371.